The van der Waals surface area contributed by atoms with Crippen molar-refractivity contribution in [1.82, 2.24) is 25.1 Å². The number of phenolic OH excluding ortho intramolecular Hbond substituents is 1. The number of methoxy groups -OCH3 is 1. The number of hydrogen-bond acceptors (Lipinski definition) is 8. The van der Waals surface area contributed by atoms with Crippen molar-refractivity contribution in [3.05, 3.63) is 94.9 Å². The molecule has 1 saturated heterocycles. The van der Waals surface area contributed by atoms with Crippen molar-refractivity contribution >= 4 is 40.1 Å². The third kappa shape index (κ3) is 5.95. The fourth-order valence-electron chi connectivity index (χ4n) is 5.50. The maximum absolute atomic E-state index is 14.0. The molecule has 13 heteroatoms. The molecule has 4 heterocycles. The molecule has 12 nitrogen and oxygen atoms in total. The van der Waals surface area contributed by atoms with Crippen LogP contribution in [-0.2, 0) is 16.0 Å². The molecule has 1 aliphatic rings. The van der Waals surface area contributed by atoms with Gasteiger partial charge < -0.3 is 30.0 Å². The summed E-state index contributed by atoms with van der Waals surface area (Å²) >= 11 is 6.51. The maximum atomic E-state index is 14.0. The van der Waals surface area contributed by atoms with Crippen molar-refractivity contribution in [3.63, 3.8) is 0 Å². The molecular weight excluding hydrogens is 600 g/mol. The fourth-order valence-corrected chi connectivity index (χ4v) is 5.70. The van der Waals surface area contributed by atoms with E-state index < -0.39 is 23.5 Å². The zero-order valence-corrected chi connectivity index (χ0v) is 25.3. The first kappa shape index (κ1) is 30.1. The molecule has 0 radical (unpaired) electrons. The lowest BCUT2D eigenvalue weighted by molar-refractivity contribution is -0.157. The van der Waals surface area contributed by atoms with E-state index in [2.05, 4.69) is 20.4 Å². The number of aliphatic hydroxyl groups is 1. The Morgan fingerprint density at radius 2 is 2.04 bits per heavy atom. The number of H-pyrrole nitrogens is 1. The Balaban J connectivity index is 1.30. The first-order valence-electron chi connectivity index (χ1n) is 14.2. The fraction of sp³-hybridized carbons (Fsp3) is 0.250. The predicted octanol–water partition coefficient (Wildman–Crippen LogP) is 3.56. The second-order valence-corrected chi connectivity index (χ2v) is 11.2. The van der Waals surface area contributed by atoms with Gasteiger partial charge in [0.2, 0.25) is 5.88 Å². The summed E-state index contributed by atoms with van der Waals surface area (Å²) in [6.07, 6.45) is 1.88. The molecule has 6 rings (SSSR count). The van der Waals surface area contributed by atoms with Gasteiger partial charge in [-0.15, -0.1) is 5.10 Å². The van der Waals surface area contributed by atoms with Gasteiger partial charge in [0.1, 0.15) is 11.4 Å². The highest BCUT2D eigenvalue weighted by Crippen LogP contribution is 2.31. The molecule has 1 aliphatic heterocycles. The van der Waals surface area contributed by atoms with Crippen molar-refractivity contribution in [3.8, 4) is 17.3 Å². The van der Waals surface area contributed by atoms with Crippen molar-refractivity contribution in [2.75, 3.05) is 31.7 Å². The minimum atomic E-state index is -1.90. The van der Waals surface area contributed by atoms with Crippen molar-refractivity contribution in [2.45, 2.75) is 25.0 Å². The van der Waals surface area contributed by atoms with Crippen LogP contribution in [0, 0.1) is 6.92 Å². The summed E-state index contributed by atoms with van der Waals surface area (Å²) in [5.41, 5.74) is 1.13. The number of aromatic nitrogens is 4. The topological polar surface area (TPSA) is 155 Å². The van der Waals surface area contributed by atoms with Crippen molar-refractivity contribution in [1.29, 1.82) is 0 Å². The predicted molar refractivity (Wildman–Crippen MR) is 167 cm³/mol. The summed E-state index contributed by atoms with van der Waals surface area (Å²) in [6, 6.07) is 16.7. The van der Waals surface area contributed by atoms with Crippen LogP contribution in [-0.4, -0.2) is 80.3 Å². The molecule has 232 valence electrons. The number of fused-ring (bicyclic) bond motifs is 1. The monoisotopic (exact) mass is 630 g/mol. The Labute approximate surface area is 263 Å². The molecule has 2 aromatic carbocycles. The number of benzene rings is 2. The number of pyridine rings is 1. The molecule has 2 amide bonds. The molecule has 2 atom stereocenters. The van der Waals surface area contributed by atoms with Gasteiger partial charge in [-0.05, 0) is 42.8 Å². The molecule has 1 fully saturated rings. The number of nitrogens with one attached hydrogen (secondary N) is 2. The van der Waals surface area contributed by atoms with Crippen molar-refractivity contribution in [2.24, 2.45) is 0 Å². The highest BCUT2D eigenvalue weighted by atomic mass is 35.5. The van der Waals surface area contributed by atoms with E-state index in [1.807, 2.05) is 25.1 Å². The van der Waals surface area contributed by atoms with Gasteiger partial charge >= 0.3 is 0 Å². The average molecular weight is 631 g/mol. The van der Waals surface area contributed by atoms with Gasteiger partial charge in [-0.3, -0.25) is 14.5 Å². The van der Waals surface area contributed by atoms with Crippen LogP contribution in [0.2, 0.25) is 5.02 Å². The van der Waals surface area contributed by atoms with Crippen LogP contribution < -0.4 is 15.0 Å². The quantitative estimate of drug-likeness (QED) is 0.193. The Hall–Kier alpha value is -4.91. The normalized spacial score (nSPS) is 16.5. The number of nitrogens with zero attached hydrogens (tertiary/aromatic N) is 4. The number of carbonyl (C=O) groups is 2. The van der Waals surface area contributed by atoms with Gasteiger partial charge in [0.05, 0.1) is 43.1 Å². The minimum absolute atomic E-state index is 0.0339. The highest BCUT2D eigenvalue weighted by Gasteiger charge is 2.47. The lowest BCUT2D eigenvalue weighted by Gasteiger charge is -2.40. The van der Waals surface area contributed by atoms with Crippen LogP contribution in [0.5, 0.6) is 11.6 Å². The van der Waals surface area contributed by atoms with E-state index in [0.29, 0.717) is 28.0 Å². The summed E-state index contributed by atoms with van der Waals surface area (Å²) in [5.74, 6) is -0.564. The van der Waals surface area contributed by atoms with Gasteiger partial charge in [0.25, 0.3) is 11.8 Å². The largest absolute Gasteiger partial charge is 0.507 e. The molecule has 45 heavy (non-hydrogen) atoms. The molecule has 3 aromatic heterocycles. The van der Waals surface area contributed by atoms with Gasteiger partial charge in [-0.1, -0.05) is 29.8 Å². The molecule has 0 spiro atoms. The van der Waals surface area contributed by atoms with E-state index in [0.717, 1.165) is 16.6 Å². The number of carbonyl (C=O) groups excluding carboxylic acids is 2. The van der Waals surface area contributed by atoms with Crippen LogP contribution in [0.3, 0.4) is 0 Å². The summed E-state index contributed by atoms with van der Waals surface area (Å²) in [6.45, 7) is 1.83. The lowest BCUT2D eigenvalue weighted by Crippen LogP contribution is -2.63. The molecule has 0 aliphatic carbocycles. The summed E-state index contributed by atoms with van der Waals surface area (Å²) < 4.78 is 12.7. The zero-order chi connectivity index (χ0) is 31.7. The molecule has 5 aromatic rings. The van der Waals surface area contributed by atoms with Gasteiger partial charge in [0.15, 0.2) is 11.9 Å². The summed E-state index contributed by atoms with van der Waals surface area (Å²) in [4.78, 5) is 35.9. The number of ether oxygens (including phenoxy) is 2. The molecule has 0 saturated carbocycles. The first-order valence-corrected chi connectivity index (χ1v) is 14.6. The van der Waals surface area contributed by atoms with E-state index >= 15 is 0 Å². The van der Waals surface area contributed by atoms with Crippen LogP contribution in [0.25, 0.3) is 16.6 Å². The van der Waals surface area contributed by atoms with Crippen molar-refractivity contribution < 1.29 is 29.3 Å². The highest BCUT2D eigenvalue weighted by molar-refractivity contribution is 6.36. The van der Waals surface area contributed by atoms with E-state index in [1.165, 1.54) is 24.1 Å². The molecule has 4 N–H and O–H groups in total. The second kappa shape index (κ2) is 12.2. The van der Waals surface area contributed by atoms with Gasteiger partial charge in [0, 0.05) is 47.5 Å². The molecule has 1 unspecified atom stereocenters. The number of halogens is 1. The smallest absolute Gasteiger partial charge is 0.260 e. The number of aromatic amines is 1. The SMILES string of the molecule is COc1cc(-n2ccc(N3CCO[C@H](C(O)(CNC(=O)c4ccccc4O)Cc4ccc5[nH]c(C)c(Cl)c5c4)C3=O)n2)ccn1. The zero-order valence-electron chi connectivity index (χ0n) is 24.5. The van der Waals surface area contributed by atoms with Gasteiger partial charge in [-0.2, -0.15) is 0 Å². The number of morpholine rings is 1. The number of amides is 2. The third-order valence-electron chi connectivity index (χ3n) is 7.81. The third-order valence-corrected chi connectivity index (χ3v) is 8.29. The second-order valence-electron chi connectivity index (χ2n) is 10.8. The first-order chi connectivity index (χ1) is 21.7. The Morgan fingerprint density at radius 1 is 1.22 bits per heavy atom. The Bertz CT molecular complexity index is 1890. The minimum Gasteiger partial charge on any atom is -0.507 e. The van der Waals surface area contributed by atoms with Gasteiger partial charge in [-0.25, -0.2) is 9.67 Å². The van der Waals surface area contributed by atoms with E-state index in [-0.39, 0.29) is 37.4 Å². The number of aryl methyl sites for hydroxylation is 1. The Kier molecular flexibility index (Phi) is 8.19. The standard InChI is InChI=1S/C32H31ClN6O6/c1-19-28(33)23-15-20(7-8-24(23)36-19)17-32(43,18-35-30(41)22-5-3-4-6-25(22)40)29-31(42)38(13-14-45-29)26-10-12-39(37-26)21-9-11-34-27(16-21)44-2/h3-12,15-16,29,36,40,43H,13-14,17-18H2,1-2H3,(H,35,41)/t29-,32?/m0/s1. The number of phenols is 1. The van der Waals surface area contributed by atoms with Crippen LogP contribution in [0.4, 0.5) is 5.82 Å². The molecular formula is C32H31ClN6O6. The number of hydrogen-bond donors (Lipinski definition) is 4. The molecule has 0 bridgehead atoms. The lowest BCUT2D eigenvalue weighted by atomic mass is 9.86. The average Bonchev–Trinajstić information content (AvgIpc) is 3.65. The van der Waals surface area contributed by atoms with Crippen LogP contribution in [0.15, 0.2) is 73.1 Å². The van der Waals surface area contributed by atoms with E-state index in [1.54, 1.807) is 47.4 Å². The number of rotatable bonds is 9. The Morgan fingerprint density at radius 3 is 2.84 bits per heavy atom. The number of anilines is 1. The van der Waals surface area contributed by atoms with Crippen LogP contribution in [0.1, 0.15) is 21.6 Å². The number of aromatic hydroxyl groups is 1. The van der Waals surface area contributed by atoms with E-state index in [4.69, 9.17) is 21.1 Å². The summed E-state index contributed by atoms with van der Waals surface area (Å²) in [5, 5.41) is 31.0. The van der Waals surface area contributed by atoms with Crippen LogP contribution >= 0.6 is 11.6 Å². The number of para-hydroxylation sites is 1. The van der Waals surface area contributed by atoms with E-state index in [9.17, 15) is 19.8 Å². The maximum Gasteiger partial charge on any atom is 0.260 e. The summed E-state index contributed by atoms with van der Waals surface area (Å²) in [7, 11) is 1.52.